The summed E-state index contributed by atoms with van der Waals surface area (Å²) in [5.74, 6) is 0.723. The Morgan fingerprint density at radius 1 is 1.41 bits per heavy atom. The molecule has 1 N–H and O–H groups in total. The number of carbonyl (C=O) groups is 1. The number of nitrogens with one attached hydrogen (secondary N) is 1. The molecule has 94 valence electrons. The molecule has 0 heterocycles. The molecule has 0 bridgehead atoms. The van der Waals surface area contributed by atoms with Crippen LogP contribution < -0.4 is 10.1 Å². The highest BCUT2D eigenvalue weighted by Gasteiger charge is 2.14. The van der Waals surface area contributed by atoms with Crippen LogP contribution in [0.2, 0.25) is 0 Å². The lowest BCUT2D eigenvalue weighted by atomic mass is 10.0. The number of carbonyl (C=O) groups excluding carboxylic acids is 1. The summed E-state index contributed by atoms with van der Waals surface area (Å²) in [6, 6.07) is 3.59. The molecule has 0 saturated heterocycles. The minimum absolute atomic E-state index is 0.0305. The zero-order chi connectivity index (χ0) is 12.8. The zero-order valence-corrected chi connectivity index (χ0v) is 11.8. The normalized spacial score (nSPS) is 10.4. The summed E-state index contributed by atoms with van der Waals surface area (Å²) in [7, 11) is 4.93. The number of likely N-dealkylation sites (N-methyl/N-ethyl adjacent to an activating group) is 1. The maximum atomic E-state index is 11.9. The Morgan fingerprint density at radius 2 is 2.12 bits per heavy atom. The second kappa shape index (κ2) is 6.74. The molecule has 1 aromatic carbocycles. The first-order valence-electron chi connectivity index (χ1n) is 5.17. The minimum atomic E-state index is 0.0305. The third-order valence-electron chi connectivity index (χ3n) is 2.32. The van der Waals surface area contributed by atoms with Gasteiger partial charge < -0.3 is 14.8 Å². The first-order chi connectivity index (χ1) is 8.13. The first-order valence-corrected chi connectivity index (χ1v) is 5.96. The summed E-state index contributed by atoms with van der Waals surface area (Å²) in [4.78, 5) is 11.9. The summed E-state index contributed by atoms with van der Waals surface area (Å²) in [5.41, 5.74) is 1.47. The lowest BCUT2D eigenvalue weighted by Crippen LogP contribution is -2.20. The first kappa shape index (κ1) is 14.2. The highest BCUT2D eigenvalue weighted by atomic mass is 79.9. The Balaban J connectivity index is 3.17. The fourth-order valence-corrected chi connectivity index (χ4v) is 2.05. The predicted molar refractivity (Wildman–Crippen MR) is 69.7 cm³/mol. The number of methoxy groups -OCH3 is 2. The molecule has 0 radical (unpaired) electrons. The van der Waals surface area contributed by atoms with Crippen molar-refractivity contribution < 1.29 is 14.3 Å². The van der Waals surface area contributed by atoms with Crippen molar-refractivity contribution in [3.8, 4) is 5.75 Å². The van der Waals surface area contributed by atoms with E-state index in [1.165, 1.54) is 0 Å². The van der Waals surface area contributed by atoms with Gasteiger partial charge in [-0.15, -0.1) is 0 Å². The zero-order valence-electron chi connectivity index (χ0n) is 10.2. The van der Waals surface area contributed by atoms with Crippen molar-refractivity contribution in [2.45, 2.75) is 6.61 Å². The summed E-state index contributed by atoms with van der Waals surface area (Å²) in [6.45, 7) is 0.684. The number of rotatable bonds is 6. The fraction of sp³-hybridized carbons (Fsp3) is 0.417. The van der Waals surface area contributed by atoms with Crippen LogP contribution in [0.5, 0.6) is 5.75 Å². The number of Topliss-reactive ketones (excluding diaryl/α,β-unsaturated/α-hetero) is 1. The van der Waals surface area contributed by atoms with E-state index < -0.39 is 0 Å². The van der Waals surface area contributed by atoms with Gasteiger partial charge in [0.25, 0.3) is 0 Å². The lowest BCUT2D eigenvalue weighted by molar-refractivity contribution is 0.0988. The molecule has 17 heavy (non-hydrogen) atoms. The van der Waals surface area contributed by atoms with Gasteiger partial charge in [0.05, 0.1) is 24.7 Å². The van der Waals surface area contributed by atoms with Crippen LogP contribution in [0.25, 0.3) is 0 Å². The predicted octanol–water partition coefficient (Wildman–Crippen LogP) is 2.01. The van der Waals surface area contributed by atoms with Crippen LogP contribution >= 0.6 is 15.9 Å². The molecule has 0 aliphatic heterocycles. The van der Waals surface area contributed by atoms with Gasteiger partial charge in [0.2, 0.25) is 0 Å². The molecule has 4 nitrogen and oxygen atoms in total. The third-order valence-corrected chi connectivity index (χ3v) is 2.93. The van der Waals surface area contributed by atoms with Gasteiger partial charge in [0.1, 0.15) is 5.75 Å². The number of benzene rings is 1. The largest absolute Gasteiger partial charge is 0.496 e. The number of hydrogen-bond donors (Lipinski definition) is 1. The van der Waals surface area contributed by atoms with Gasteiger partial charge in [-0.2, -0.15) is 0 Å². The maximum Gasteiger partial charge on any atom is 0.176 e. The van der Waals surface area contributed by atoms with Gasteiger partial charge in [-0.1, -0.05) is 0 Å². The van der Waals surface area contributed by atoms with Crippen molar-refractivity contribution in [2.24, 2.45) is 0 Å². The van der Waals surface area contributed by atoms with Gasteiger partial charge in [-0.05, 0) is 40.7 Å². The van der Waals surface area contributed by atoms with E-state index >= 15 is 0 Å². The second-order valence-electron chi connectivity index (χ2n) is 3.53. The van der Waals surface area contributed by atoms with Crippen molar-refractivity contribution in [1.82, 2.24) is 5.32 Å². The number of ketones is 1. The molecule has 0 atom stereocenters. The van der Waals surface area contributed by atoms with E-state index in [-0.39, 0.29) is 5.78 Å². The van der Waals surface area contributed by atoms with Crippen molar-refractivity contribution in [2.75, 3.05) is 27.8 Å². The van der Waals surface area contributed by atoms with Gasteiger partial charge in [-0.3, -0.25) is 4.79 Å². The number of ether oxygens (including phenoxy) is 2. The molecule has 0 unspecified atom stereocenters. The molecule has 0 aromatic heterocycles. The standard InChI is InChI=1S/C12H16BrNO3/c1-14-6-11(15)9-5-10(13)12(17-3)4-8(9)7-16-2/h4-5,14H,6-7H2,1-3H3. The quantitative estimate of drug-likeness (QED) is 0.817. The van der Waals surface area contributed by atoms with Crippen LogP contribution in [0.15, 0.2) is 16.6 Å². The minimum Gasteiger partial charge on any atom is -0.496 e. The van der Waals surface area contributed by atoms with Crippen molar-refractivity contribution in [3.05, 3.63) is 27.7 Å². The highest BCUT2D eigenvalue weighted by molar-refractivity contribution is 9.10. The van der Waals surface area contributed by atoms with E-state index in [2.05, 4.69) is 21.2 Å². The Kier molecular flexibility index (Phi) is 5.61. The van der Waals surface area contributed by atoms with E-state index in [1.54, 1.807) is 27.3 Å². The van der Waals surface area contributed by atoms with E-state index in [0.29, 0.717) is 24.5 Å². The molecule has 0 amide bonds. The molecule has 0 aliphatic rings. The van der Waals surface area contributed by atoms with E-state index in [1.807, 2.05) is 6.07 Å². The SMILES string of the molecule is CNCC(=O)c1cc(Br)c(OC)cc1COC. The topological polar surface area (TPSA) is 47.6 Å². The van der Waals surface area contributed by atoms with Gasteiger partial charge >= 0.3 is 0 Å². The lowest BCUT2D eigenvalue weighted by Gasteiger charge is -2.12. The van der Waals surface area contributed by atoms with Crippen LogP contribution in [0, 0.1) is 0 Å². The van der Waals surface area contributed by atoms with Crippen LogP contribution in [0.4, 0.5) is 0 Å². The van der Waals surface area contributed by atoms with E-state index in [9.17, 15) is 4.79 Å². The summed E-state index contributed by atoms with van der Waals surface area (Å²) < 4.78 is 11.1. The summed E-state index contributed by atoms with van der Waals surface area (Å²) in [6.07, 6.45) is 0. The van der Waals surface area contributed by atoms with Crippen LogP contribution in [0.1, 0.15) is 15.9 Å². The van der Waals surface area contributed by atoms with E-state index in [0.717, 1.165) is 10.0 Å². The Hall–Kier alpha value is -0.910. The van der Waals surface area contributed by atoms with Crippen LogP contribution in [-0.4, -0.2) is 33.6 Å². The number of halogens is 1. The van der Waals surface area contributed by atoms with Crippen molar-refractivity contribution in [3.63, 3.8) is 0 Å². The molecular weight excluding hydrogens is 286 g/mol. The molecule has 0 aliphatic carbocycles. The molecular formula is C12H16BrNO3. The molecule has 1 rings (SSSR count). The average Bonchev–Trinajstić information content (AvgIpc) is 2.31. The Morgan fingerprint density at radius 3 is 2.65 bits per heavy atom. The van der Waals surface area contributed by atoms with E-state index in [4.69, 9.17) is 9.47 Å². The monoisotopic (exact) mass is 301 g/mol. The Bertz CT molecular complexity index is 407. The molecule has 0 spiro atoms. The summed E-state index contributed by atoms with van der Waals surface area (Å²) in [5, 5.41) is 2.85. The smallest absolute Gasteiger partial charge is 0.176 e. The van der Waals surface area contributed by atoms with Crippen molar-refractivity contribution in [1.29, 1.82) is 0 Å². The van der Waals surface area contributed by atoms with Gasteiger partial charge in [-0.25, -0.2) is 0 Å². The highest BCUT2D eigenvalue weighted by Crippen LogP contribution is 2.29. The third kappa shape index (κ3) is 3.52. The van der Waals surface area contributed by atoms with Gasteiger partial charge in [0.15, 0.2) is 5.78 Å². The molecule has 1 aromatic rings. The molecule has 5 heteroatoms. The van der Waals surface area contributed by atoms with Gasteiger partial charge in [0, 0.05) is 12.7 Å². The van der Waals surface area contributed by atoms with Crippen molar-refractivity contribution >= 4 is 21.7 Å². The maximum absolute atomic E-state index is 11.9. The molecule has 0 fully saturated rings. The molecule has 0 saturated carbocycles. The Labute approximate surface area is 109 Å². The van der Waals surface area contributed by atoms with Crippen LogP contribution in [0.3, 0.4) is 0 Å². The second-order valence-corrected chi connectivity index (χ2v) is 4.38. The van der Waals surface area contributed by atoms with Crippen LogP contribution in [-0.2, 0) is 11.3 Å². The fourth-order valence-electron chi connectivity index (χ4n) is 1.54. The summed E-state index contributed by atoms with van der Waals surface area (Å²) >= 11 is 3.37. The average molecular weight is 302 g/mol. The number of hydrogen-bond acceptors (Lipinski definition) is 4.